The zero-order chi connectivity index (χ0) is 26.0. The zero-order valence-electron chi connectivity index (χ0n) is 20.9. The van der Waals surface area contributed by atoms with Gasteiger partial charge in [0.2, 0.25) is 5.91 Å². The third-order valence-electron chi connectivity index (χ3n) is 8.51. The number of carbonyl (C=O) groups excluding carboxylic acids is 1. The molecule has 202 valence electrons. The van der Waals surface area contributed by atoms with Crippen molar-refractivity contribution in [1.82, 2.24) is 4.98 Å². The van der Waals surface area contributed by atoms with Crippen LogP contribution in [-0.4, -0.2) is 50.5 Å². The van der Waals surface area contributed by atoms with Crippen molar-refractivity contribution in [3.05, 3.63) is 23.9 Å². The van der Waals surface area contributed by atoms with Gasteiger partial charge in [0.1, 0.15) is 10.6 Å². The molecule has 0 N–H and O–H groups in total. The van der Waals surface area contributed by atoms with Crippen molar-refractivity contribution in [2.24, 2.45) is 11.8 Å². The van der Waals surface area contributed by atoms with Crippen LogP contribution in [0.5, 0.6) is 0 Å². The second-order valence-corrected chi connectivity index (χ2v) is 13.0. The predicted molar refractivity (Wildman–Crippen MR) is 131 cm³/mol. The quantitative estimate of drug-likeness (QED) is 0.482. The van der Waals surface area contributed by atoms with E-state index < -0.39 is 31.9 Å². The number of carbonyl (C=O) groups is 1. The lowest BCUT2D eigenvalue weighted by atomic mass is 9.88. The van der Waals surface area contributed by atoms with Gasteiger partial charge in [0, 0.05) is 31.9 Å². The zero-order valence-corrected chi connectivity index (χ0v) is 21.7. The van der Waals surface area contributed by atoms with Gasteiger partial charge in [0.25, 0.3) is 0 Å². The van der Waals surface area contributed by atoms with E-state index in [1.165, 1.54) is 0 Å². The number of amides is 1. The lowest BCUT2D eigenvalue weighted by Crippen LogP contribution is -2.47. The molecule has 1 aromatic rings. The Balaban J connectivity index is 1.58. The molecular formula is C26H37F3N2O4S. The number of halogens is 3. The molecule has 6 nitrogen and oxygen atoms in total. The van der Waals surface area contributed by atoms with E-state index in [1.54, 1.807) is 23.2 Å². The monoisotopic (exact) mass is 530 g/mol. The number of rotatable bonds is 6. The van der Waals surface area contributed by atoms with E-state index in [-0.39, 0.29) is 63.6 Å². The Kier molecular flexibility index (Phi) is 8.34. The molecule has 36 heavy (non-hydrogen) atoms. The molecule has 0 atom stereocenters. The normalized spacial score (nSPS) is 25.9. The first kappa shape index (κ1) is 27.4. The summed E-state index contributed by atoms with van der Waals surface area (Å²) in [6.07, 6.45) is 2.47. The molecule has 3 aliphatic rings. The van der Waals surface area contributed by atoms with Crippen LogP contribution in [0.1, 0.15) is 83.1 Å². The minimum absolute atomic E-state index is 0.00536. The molecule has 1 saturated heterocycles. The van der Waals surface area contributed by atoms with Gasteiger partial charge < -0.3 is 4.74 Å². The van der Waals surface area contributed by atoms with Crippen LogP contribution in [0.15, 0.2) is 18.3 Å². The van der Waals surface area contributed by atoms with E-state index in [9.17, 15) is 26.4 Å². The first-order valence-electron chi connectivity index (χ1n) is 13.3. The topological polar surface area (TPSA) is 76.6 Å². The lowest BCUT2D eigenvalue weighted by molar-refractivity contribution is -0.181. The molecule has 0 unspecified atom stereocenters. The summed E-state index contributed by atoms with van der Waals surface area (Å²) in [5.41, 5.74) is 0.536. The number of nitrogens with zero attached hydrogens (tertiary/aromatic N) is 2. The maximum atomic E-state index is 14.0. The summed E-state index contributed by atoms with van der Waals surface area (Å²) < 4.78 is 71.7. The Hall–Kier alpha value is -1.68. The summed E-state index contributed by atoms with van der Waals surface area (Å²) in [6, 6.07) is 3.45. The van der Waals surface area contributed by atoms with Crippen LogP contribution in [-0.2, 0) is 24.1 Å². The highest BCUT2D eigenvalue weighted by molar-refractivity contribution is 7.93. The molecule has 4 rings (SSSR count). The van der Waals surface area contributed by atoms with E-state index in [2.05, 4.69) is 4.98 Å². The standard InChI is InChI=1S/C26H37F3N2O4S/c1-2-31(24(32)19-6-4-3-5-7-19)23-13-10-21(18-30-23)25(14-16-35-17-15-25)36(33,34)22-11-8-20(9-12-22)26(27,28)29/h10,13,18-20,22H,2-9,11-12,14-17H2,1H3. The van der Waals surface area contributed by atoms with Gasteiger partial charge >= 0.3 is 6.18 Å². The van der Waals surface area contributed by atoms with Gasteiger partial charge in [-0.1, -0.05) is 25.3 Å². The summed E-state index contributed by atoms with van der Waals surface area (Å²) in [5, 5.41) is -0.811. The van der Waals surface area contributed by atoms with Gasteiger partial charge in [-0.15, -0.1) is 0 Å². The van der Waals surface area contributed by atoms with E-state index in [1.807, 2.05) is 6.92 Å². The van der Waals surface area contributed by atoms with Crippen LogP contribution >= 0.6 is 0 Å². The summed E-state index contributed by atoms with van der Waals surface area (Å²) >= 11 is 0. The fourth-order valence-electron chi connectivity index (χ4n) is 6.27. The number of ether oxygens (including phenoxy) is 1. The number of anilines is 1. The van der Waals surface area contributed by atoms with Crippen molar-refractivity contribution in [2.45, 2.75) is 93.7 Å². The summed E-state index contributed by atoms with van der Waals surface area (Å²) in [5.74, 6) is -0.874. The molecule has 0 bridgehead atoms. The van der Waals surface area contributed by atoms with Crippen molar-refractivity contribution in [2.75, 3.05) is 24.7 Å². The van der Waals surface area contributed by atoms with Gasteiger partial charge in [-0.25, -0.2) is 13.4 Å². The highest BCUT2D eigenvalue weighted by atomic mass is 32.2. The second kappa shape index (κ2) is 11.0. The average molecular weight is 531 g/mol. The highest BCUT2D eigenvalue weighted by Gasteiger charge is 2.52. The molecule has 0 spiro atoms. The van der Waals surface area contributed by atoms with Gasteiger partial charge in [0.05, 0.1) is 11.2 Å². The van der Waals surface area contributed by atoms with Crippen LogP contribution < -0.4 is 4.90 Å². The fourth-order valence-corrected chi connectivity index (χ4v) is 8.99. The molecule has 3 fully saturated rings. The van der Waals surface area contributed by atoms with E-state index >= 15 is 0 Å². The Morgan fingerprint density at radius 2 is 1.69 bits per heavy atom. The number of aromatic nitrogens is 1. The van der Waals surface area contributed by atoms with E-state index in [4.69, 9.17) is 4.74 Å². The molecule has 1 amide bonds. The van der Waals surface area contributed by atoms with Gasteiger partial charge in [-0.3, -0.25) is 9.69 Å². The van der Waals surface area contributed by atoms with Crippen molar-refractivity contribution >= 4 is 21.6 Å². The third-order valence-corrected chi connectivity index (χ3v) is 11.6. The molecule has 2 heterocycles. The lowest BCUT2D eigenvalue weighted by Gasteiger charge is -2.41. The number of hydrogen-bond donors (Lipinski definition) is 0. The van der Waals surface area contributed by atoms with Crippen molar-refractivity contribution in [3.8, 4) is 0 Å². The predicted octanol–water partition coefficient (Wildman–Crippen LogP) is 5.56. The van der Waals surface area contributed by atoms with Crippen molar-refractivity contribution in [1.29, 1.82) is 0 Å². The summed E-state index contributed by atoms with van der Waals surface area (Å²) in [4.78, 5) is 19.3. The maximum absolute atomic E-state index is 14.0. The SMILES string of the molecule is CCN(C(=O)C1CCCCC1)c1ccc(C2(S(=O)(=O)C3CCC(C(F)(F)F)CC3)CCOCC2)cn1. The van der Waals surface area contributed by atoms with Crippen LogP contribution in [0.25, 0.3) is 0 Å². The molecular weight excluding hydrogens is 493 g/mol. The van der Waals surface area contributed by atoms with Gasteiger partial charge in [0.15, 0.2) is 9.84 Å². The van der Waals surface area contributed by atoms with Crippen LogP contribution in [0.2, 0.25) is 0 Å². The minimum Gasteiger partial charge on any atom is -0.381 e. The first-order valence-corrected chi connectivity index (χ1v) is 14.8. The Labute approximate surface area is 211 Å². The van der Waals surface area contributed by atoms with Crippen LogP contribution in [0, 0.1) is 11.8 Å². The van der Waals surface area contributed by atoms with Crippen LogP contribution in [0.4, 0.5) is 19.0 Å². The van der Waals surface area contributed by atoms with E-state index in [0.717, 1.165) is 32.1 Å². The fraction of sp³-hybridized carbons (Fsp3) is 0.769. The molecule has 10 heteroatoms. The third kappa shape index (κ3) is 5.30. The number of sulfone groups is 1. The molecule has 1 aromatic heterocycles. The summed E-state index contributed by atoms with van der Waals surface area (Å²) in [7, 11) is -3.81. The number of alkyl halides is 3. The highest BCUT2D eigenvalue weighted by Crippen LogP contribution is 2.47. The smallest absolute Gasteiger partial charge is 0.381 e. The van der Waals surface area contributed by atoms with Gasteiger partial charge in [-0.05, 0) is 69.9 Å². The molecule has 1 aliphatic heterocycles. The molecule has 0 aromatic carbocycles. The van der Waals surface area contributed by atoms with Crippen LogP contribution in [0.3, 0.4) is 0 Å². The molecule has 2 aliphatic carbocycles. The van der Waals surface area contributed by atoms with E-state index in [0.29, 0.717) is 17.9 Å². The van der Waals surface area contributed by atoms with Crippen molar-refractivity contribution < 1.29 is 31.1 Å². The Morgan fingerprint density at radius 3 is 2.22 bits per heavy atom. The Bertz CT molecular complexity index is 993. The minimum atomic E-state index is -4.29. The van der Waals surface area contributed by atoms with Gasteiger partial charge in [-0.2, -0.15) is 13.2 Å². The summed E-state index contributed by atoms with van der Waals surface area (Å²) in [6.45, 7) is 2.90. The Morgan fingerprint density at radius 1 is 1.06 bits per heavy atom. The first-order chi connectivity index (χ1) is 17.1. The number of hydrogen-bond acceptors (Lipinski definition) is 5. The second-order valence-electron chi connectivity index (χ2n) is 10.5. The largest absolute Gasteiger partial charge is 0.391 e. The molecule has 2 saturated carbocycles. The number of pyridine rings is 1. The average Bonchev–Trinajstić information content (AvgIpc) is 2.90. The van der Waals surface area contributed by atoms with Crippen molar-refractivity contribution in [3.63, 3.8) is 0 Å². The maximum Gasteiger partial charge on any atom is 0.391 e. The molecule has 0 radical (unpaired) electrons.